The van der Waals surface area contributed by atoms with Crippen molar-refractivity contribution in [1.82, 2.24) is 10.6 Å². The van der Waals surface area contributed by atoms with E-state index in [1.54, 1.807) is 7.11 Å². The molecule has 1 amide bonds. The molecule has 0 aliphatic carbocycles. The number of alkyl carbamates (subject to hydrolysis) is 1. The summed E-state index contributed by atoms with van der Waals surface area (Å²) in [6.07, 6.45) is 0.456. The molecule has 23 heavy (non-hydrogen) atoms. The third-order valence-corrected chi connectivity index (χ3v) is 3.48. The van der Waals surface area contributed by atoms with Crippen molar-refractivity contribution in [3.05, 3.63) is 29.8 Å². The number of rotatable bonds is 7. The zero-order valence-electron chi connectivity index (χ0n) is 15.1. The molecule has 0 aliphatic heterocycles. The molecule has 2 atom stereocenters. The van der Waals surface area contributed by atoms with Gasteiger partial charge in [0, 0.05) is 18.6 Å². The van der Waals surface area contributed by atoms with E-state index in [-0.39, 0.29) is 18.2 Å². The molecule has 5 nitrogen and oxygen atoms in total. The van der Waals surface area contributed by atoms with E-state index in [9.17, 15) is 4.79 Å². The van der Waals surface area contributed by atoms with Crippen LogP contribution in [0.5, 0.6) is 5.75 Å². The predicted molar refractivity (Wildman–Crippen MR) is 92.9 cm³/mol. The molecule has 0 aromatic heterocycles. The molecule has 0 aliphatic rings. The van der Waals surface area contributed by atoms with Crippen molar-refractivity contribution in [3.63, 3.8) is 0 Å². The summed E-state index contributed by atoms with van der Waals surface area (Å²) in [6, 6.07) is 8.16. The Bertz CT molecular complexity index is 497. The number of benzene rings is 1. The first kappa shape index (κ1) is 19.3. The molecule has 0 saturated heterocycles. The van der Waals surface area contributed by atoms with Gasteiger partial charge in [0.25, 0.3) is 0 Å². The second-order valence-corrected chi connectivity index (χ2v) is 6.66. The van der Waals surface area contributed by atoms with Crippen molar-refractivity contribution >= 4 is 6.09 Å². The van der Waals surface area contributed by atoms with Crippen LogP contribution in [-0.2, 0) is 4.74 Å². The fourth-order valence-corrected chi connectivity index (χ4v) is 2.12. The van der Waals surface area contributed by atoms with E-state index in [2.05, 4.69) is 23.6 Å². The highest BCUT2D eigenvalue weighted by Gasteiger charge is 2.19. The SMILES string of the molecule is CCC(CNC(C)c1cccc(OC)c1)NC(=O)OC(C)(C)C. The van der Waals surface area contributed by atoms with Crippen molar-refractivity contribution in [1.29, 1.82) is 0 Å². The number of ether oxygens (including phenoxy) is 2. The molecule has 0 fully saturated rings. The van der Waals surface area contributed by atoms with Crippen LogP contribution >= 0.6 is 0 Å². The highest BCUT2D eigenvalue weighted by molar-refractivity contribution is 5.68. The predicted octanol–water partition coefficient (Wildman–Crippen LogP) is 3.65. The minimum Gasteiger partial charge on any atom is -0.497 e. The van der Waals surface area contributed by atoms with Crippen molar-refractivity contribution in [2.24, 2.45) is 0 Å². The highest BCUT2D eigenvalue weighted by atomic mass is 16.6. The van der Waals surface area contributed by atoms with Crippen LogP contribution in [0.3, 0.4) is 0 Å². The maximum atomic E-state index is 11.8. The Kier molecular flexibility index (Phi) is 7.36. The second kappa shape index (κ2) is 8.77. The van der Waals surface area contributed by atoms with E-state index in [4.69, 9.17) is 9.47 Å². The summed E-state index contributed by atoms with van der Waals surface area (Å²) < 4.78 is 10.5. The van der Waals surface area contributed by atoms with Crippen LogP contribution in [0.1, 0.15) is 52.6 Å². The van der Waals surface area contributed by atoms with E-state index < -0.39 is 5.60 Å². The van der Waals surface area contributed by atoms with Crippen LogP contribution in [0.4, 0.5) is 4.79 Å². The summed E-state index contributed by atoms with van der Waals surface area (Å²) in [5, 5.41) is 6.35. The molecule has 0 radical (unpaired) electrons. The second-order valence-electron chi connectivity index (χ2n) is 6.66. The summed E-state index contributed by atoms with van der Waals surface area (Å²) in [6.45, 7) is 10.4. The van der Waals surface area contributed by atoms with Crippen molar-refractivity contribution in [3.8, 4) is 5.75 Å². The van der Waals surface area contributed by atoms with E-state index in [1.807, 2.05) is 45.9 Å². The van der Waals surface area contributed by atoms with Gasteiger partial charge >= 0.3 is 6.09 Å². The molecule has 5 heteroatoms. The zero-order chi connectivity index (χ0) is 17.5. The number of carbonyl (C=O) groups excluding carboxylic acids is 1. The maximum Gasteiger partial charge on any atom is 0.407 e. The lowest BCUT2D eigenvalue weighted by Gasteiger charge is -2.24. The average molecular weight is 322 g/mol. The lowest BCUT2D eigenvalue weighted by atomic mass is 10.1. The van der Waals surface area contributed by atoms with E-state index in [0.29, 0.717) is 6.54 Å². The molecule has 2 N–H and O–H groups in total. The largest absolute Gasteiger partial charge is 0.497 e. The fraction of sp³-hybridized carbons (Fsp3) is 0.611. The number of hydrogen-bond acceptors (Lipinski definition) is 4. The lowest BCUT2D eigenvalue weighted by Crippen LogP contribution is -2.44. The Labute approximate surface area is 139 Å². The third-order valence-electron chi connectivity index (χ3n) is 3.48. The van der Waals surface area contributed by atoms with Crippen LogP contribution in [0.2, 0.25) is 0 Å². The Morgan fingerprint density at radius 1 is 1.30 bits per heavy atom. The smallest absolute Gasteiger partial charge is 0.407 e. The molecule has 0 bridgehead atoms. The van der Waals surface area contributed by atoms with Gasteiger partial charge in [-0.15, -0.1) is 0 Å². The first-order chi connectivity index (χ1) is 10.7. The van der Waals surface area contributed by atoms with Crippen LogP contribution in [-0.4, -0.2) is 31.4 Å². The average Bonchev–Trinajstić information content (AvgIpc) is 2.49. The highest BCUT2D eigenvalue weighted by Crippen LogP contribution is 2.18. The molecule has 130 valence electrons. The van der Waals surface area contributed by atoms with Crippen molar-refractivity contribution < 1.29 is 14.3 Å². The normalized spacial score (nSPS) is 14.0. The van der Waals surface area contributed by atoms with Gasteiger partial charge in [0.2, 0.25) is 0 Å². The zero-order valence-corrected chi connectivity index (χ0v) is 15.1. The van der Waals surface area contributed by atoms with Crippen LogP contribution in [0.15, 0.2) is 24.3 Å². The Balaban J connectivity index is 2.51. The van der Waals surface area contributed by atoms with Gasteiger partial charge in [-0.2, -0.15) is 0 Å². The van der Waals surface area contributed by atoms with Gasteiger partial charge in [0.1, 0.15) is 11.4 Å². The van der Waals surface area contributed by atoms with Crippen molar-refractivity contribution in [2.75, 3.05) is 13.7 Å². The standard InChI is InChI=1S/C18H30N2O3/c1-7-15(20-17(21)23-18(3,4)5)12-19-13(2)14-9-8-10-16(11-14)22-6/h8-11,13,15,19H,7,12H2,1-6H3,(H,20,21). The van der Waals surface area contributed by atoms with Gasteiger partial charge < -0.3 is 20.1 Å². The van der Waals surface area contributed by atoms with Crippen LogP contribution in [0.25, 0.3) is 0 Å². The molecule has 1 rings (SSSR count). The first-order valence-electron chi connectivity index (χ1n) is 8.12. The van der Waals surface area contributed by atoms with Gasteiger partial charge in [-0.05, 0) is 51.8 Å². The van der Waals surface area contributed by atoms with Gasteiger partial charge in [-0.1, -0.05) is 19.1 Å². The van der Waals surface area contributed by atoms with Crippen LogP contribution < -0.4 is 15.4 Å². The maximum absolute atomic E-state index is 11.8. The molecule has 0 saturated carbocycles. The van der Waals surface area contributed by atoms with Gasteiger partial charge in [0.15, 0.2) is 0 Å². The lowest BCUT2D eigenvalue weighted by molar-refractivity contribution is 0.0502. The number of amides is 1. The third kappa shape index (κ3) is 7.37. The van der Waals surface area contributed by atoms with Gasteiger partial charge in [-0.3, -0.25) is 0 Å². The Hall–Kier alpha value is -1.75. The number of hydrogen-bond donors (Lipinski definition) is 2. The summed E-state index contributed by atoms with van der Waals surface area (Å²) in [4.78, 5) is 11.8. The van der Waals surface area contributed by atoms with E-state index in [0.717, 1.165) is 17.7 Å². The summed E-state index contributed by atoms with van der Waals surface area (Å²) in [5.41, 5.74) is 0.667. The van der Waals surface area contributed by atoms with E-state index >= 15 is 0 Å². The van der Waals surface area contributed by atoms with E-state index in [1.165, 1.54) is 0 Å². The summed E-state index contributed by atoms with van der Waals surface area (Å²) >= 11 is 0. The monoisotopic (exact) mass is 322 g/mol. The topological polar surface area (TPSA) is 59.6 Å². The van der Waals surface area contributed by atoms with Gasteiger partial charge in [-0.25, -0.2) is 4.79 Å². The van der Waals surface area contributed by atoms with Crippen molar-refractivity contribution in [2.45, 2.75) is 58.7 Å². The van der Waals surface area contributed by atoms with Gasteiger partial charge in [0.05, 0.1) is 7.11 Å². The molecule has 0 spiro atoms. The molecule has 2 unspecified atom stereocenters. The number of nitrogens with one attached hydrogen (secondary N) is 2. The number of carbonyl (C=O) groups is 1. The molecule has 0 heterocycles. The summed E-state index contributed by atoms with van der Waals surface area (Å²) in [5.74, 6) is 0.843. The first-order valence-corrected chi connectivity index (χ1v) is 8.12. The summed E-state index contributed by atoms with van der Waals surface area (Å²) in [7, 11) is 1.66. The Morgan fingerprint density at radius 2 is 2.00 bits per heavy atom. The van der Waals surface area contributed by atoms with Crippen LogP contribution in [0, 0.1) is 0 Å². The molecule has 1 aromatic rings. The quantitative estimate of drug-likeness (QED) is 0.804. The fourth-order valence-electron chi connectivity index (χ4n) is 2.12. The molecular weight excluding hydrogens is 292 g/mol. The molecule has 1 aromatic carbocycles. The minimum absolute atomic E-state index is 0.0258. The Morgan fingerprint density at radius 3 is 2.57 bits per heavy atom. The minimum atomic E-state index is -0.482. The molecular formula is C18H30N2O3. The number of methoxy groups -OCH3 is 1.